The lowest BCUT2D eigenvalue weighted by molar-refractivity contribution is -0.142. The molecule has 1 saturated heterocycles. The molecule has 0 aromatic heterocycles. The molecule has 1 N–H and O–H groups in total. The Morgan fingerprint density at radius 3 is 2.35 bits per heavy atom. The Balaban J connectivity index is 1.98. The molecule has 20 heavy (non-hydrogen) atoms. The van der Waals surface area contributed by atoms with E-state index in [1.54, 1.807) is 0 Å². The van der Waals surface area contributed by atoms with Crippen molar-refractivity contribution in [2.45, 2.75) is 71.8 Å². The molecule has 3 heteroatoms. The van der Waals surface area contributed by atoms with E-state index in [0.29, 0.717) is 11.3 Å². The van der Waals surface area contributed by atoms with E-state index in [2.05, 4.69) is 27.7 Å². The highest BCUT2D eigenvalue weighted by Gasteiger charge is 2.48. The molecule has 1 saturated carbocycles. The van der Waals surface area contributed by atoms with Crippen molar-refractivity contribution >= 4 is 5.91 Å². The predicted octanol–water partition coefficient (Wildman–Crippen LogP) is 3.21. The van der Waals surface area contributed by atoms with Crippen LogP contribution in [0.5, 0.6) is 0 Å². The molecule has 0 aromatic carbocycles. The summed E-state index contributed by atoms with van der Waals surface area (Å²) < 4.78 is 0. The molecule has 116 valence electrons. The topological polar surface area (TPSA) is 40.5 Å². The lowest BCUT2D eigenvalue weighted by Gasteiger charge is -2.43. The van der Waals surface area contributed by atoms with Crippen molar-refractivity contribution in [2.24, 2.45) is 17.3 Å². The predicted molar refractivity (Wildman–Crippen MR) is 81.3 cm³/mol. The molecule has 1 amide bonds. The smallest absolute Gasteiger partial charge is 0.228 e. The molecular weight excluding hydrogens is 250 g/mol. The summed E-state index contributed by atoms with van der Waals surface area (Å²) in [6.45, 7) is 10.6. The van der Waals surface area contributed by atoms with Gasteiger partial charge in [0.1, 0.15) is 0 Å². The van der Waals surface area contributed by atoms with E-state index in [1.807, 2.05) is 4.90 Å². The van der Waals surface area contributed by atoms with Crippen LogP contribution in [0.3, 0.4) is 0 Å². The third-order valence-electron chi connectivity index (χ3n) is 5.52. The Labute approximate surface area is 123 Å². The first-order valence-corrected chi connectivity index (χ1v) is 8.29. The molecule has 0 radical (unpaired) electrons. The van der Waals surface area contributed by atoms with E-state index in [0.717, 1.165) is 51.6 Å². The maximum Gasteiger partial charge on any atom is 0.228 e. The molecule has 1 atom stereocenters. The molecule has 1 aliphatic heterocycles. The van der Waals surface area contributed by atoms with Crippen LogP contribution >= 0.6 is 0 Å². The third-order valence-corrected chi connectivity index (χ3v) is 5.52. The minimum absolute atomic E-state index is 0.144. The third kappa shape index (κ3) is 3.03. The Hall–Kier alpha value is -0.570. The first-order valence-electron chi connectivity index (χ1n) is 8.29. The second kappa shape index (κ2) is 5.67. The fraction of sp³-hybridized carbons (Fsp3) is 0.941. The van der Waals surface area contributed by atoms with Crippen LogP contribution in [0.1, 0.15) is 66.2 Å². The Bertz CT molecular complexity index is 350. The number of aliphatic hydroxyl groups is 1. The summed E-state index contributed by atoms with van der Waals surface area (Å²) in [5.74, 6) is 0.726. The molecule has 1 unspecified atom stereocenters. The molecule has 0 spiro atoms. The van der Waals surface area contributed by atoms with Crippen molar-refractivity contribution in [3.63, 3.8) is 0 Å². The maximum absolute atomic E-state index is 12.4. The lowest BCUT2D eigenvalue weighted by atomic mass is 9.65. The highest BCUT2D eigenvalue weighted by Crippen LogP contribution is 2.46. The van der Waals surface area contributed by atoms with Gasteiger partial charge in [0.25, 0.3) is 0 Å². The number of carbonyl (C=O) groups excluding carboxylic acids is 1. The average Bonchev–Trinajstić information content (AvgIpc) is 2.72. The van der Waals surface area contributed by atoms with Crippen LogP contribution in [0, 0.1) is 17.3 Å². The van der Waals surface area contributed by atoms with Crippen LogP contribution in [0.25, 0.3) is 0 Å². The van der Waals surface area contributed by atoms with E-state index in [9.17, 15) is 9.90 Å². The second-order valence-electron chi connectivity index (χ2n) is 7.91. The van der Waals surface area contributed by atoms with Gasteiger partial charge in [-0.25, -0.2) is 0 Å². The zero-order valence-electron chi connectivity index (χ0n) is 13.6. The Morgan fingerprint density at radius 1 is 1.25 bits per heavy atom. The minimum atomic E-state index is -0.735. The zero-order valence-corrected chi connectivity index (χ0v) is 13.6. The van der Waals surface area contributed by atoms with Crippen molar-refractivity contribution in [3.8, 4) is 0 Å². The summed E-state index contributed by atoms with van der Waals surface area (Å²) in [5, 5.41) is 11.0. The van der Waals surface area contributed by atoms with Gasteiger partial charge in [-0.2, -0.15) is 0 Å². The molecule has 2 aliphatic rings. The van der Waals surface area contributed by atoms with Crippen molar-refractivity contribution < 1.29 is 9.90 Å². The second-order valence-corrected chi connectivity index (χ2v) is 7.91. The van der Waals surface area contributed by atoms with Crippen molar-refractivity contribution in [1.29, 1.82) is 0 Å². The van der Waals surface area contributed by atoms with Gasteiger partial charge in [0.15, 0.2) is 0 Å². The lowest BCUT2D eigenvalue weighted by Crippen LogP contribution is -2.46. The highest BCUT2D eigenvalue weighted by atomic mass is 16.3. The highest BCUT2D eigenvalue weighted by molar-refractivity contribution is 5.82. The molecule has 0 bridgehead atoms. The van der Waals surface area contributed by atoms with E-state index in [-0.39, 0.29) is 11.8 Å². The standard InChI is InChI=1S/C17H31NO2/c1-5-11-18-12-8-14(15(18)19)17(20)9-6-13(7-10-17)16(2,3)4/h13-14,20H,5-12H2,1-4H3. The number of amides is 1. The summed E-state index contributed by atoms with van der Waals surface area (Å²) >= 11 is 0. The van der Waals surface area contributed by atoms with Gasteiger partial charge in [-0.1, -0.05) is 27.7 Å². The van der Waals surface area contributed by atoms with E-state index >= 15 is 0 Å². The molecule has 2 rings (SSSR count). The van der Waals surface area contributed by atoms with Gasteiger partial charge >= 0.3 is 0 Å². The number of hydrogen-bond acceptors (Lipinski definition) is 2. The number of nitrogens with zero attached hydrogens (tertiary/aromatic N) is 1. The van der Waals surface area contributed by atoms with Gasteiger partial charge in [0, 0.05) is 13.1 Å². The summed E-state index contributed by atoms with van der Waals surface area (Å²) in [6, 6.07) is 0. The van der Waals surface area contributed by atoms with Crippen LogP contribution in [-0.4, -0.2) is 34.6 Å². The fourth-order valence-corrected chi connectivity index (χ4v) is 4.06. The van der Waals surface area contributed by atoms with E-state index in [1.165, 1.54) is 0 Å². The van der Waals surface area contributed by atoms with E-state index < -0.39 is 5.60 Å². The number of likely N-dealkylation sites (tertiary alicyclic amines) is 1. The van der Waals surface area contributed by atoms with Gasteiger partial charge in [-0.15, -0.1) is 0 Å². The first-order chi connectivity index (χ1) is 9.28. The van der Waals surface area contributed by atoms with Crippen LogP contribution < -0.4 is 0 Å². The Kier molecular flexibility index (Phi) is 4.48. The van der Waals surface area contributed by atoms with Gasteiger partial charge in [-0.3, -0.25) is 4.79 Å². The maximum atomic E-state index is 12.4. The molecule has 1 heterocycles. The Morgan fingerprint density at radius 2 is 1.85 bits per heavy atom. The van der Waals surface area contributed by atoms with Crippen LogP contribution in [-0.2, 0) is 4.79 Å². The monoisotopic (exact) mass is 281 g/mol. The number of carbonyl (C=O) groups is 1. The molecule has 3 nitrogen and oxygen atoms in total. The van der Waals surface area contributed by atoms with Gasteiger partial charge < -0.3 is 10.0 Å². The van der Waals surface area contributed by atoms with Gasteiger partial charge in [0.05, 0.1) is 11.5 Å². The minimum Gasteiger partial charge on any atom is -0.389 e. The SMILES string of the molecule is CCCN1CCC(C2(O)CCC(C(C)(C)C)CC2)C1=O. The zero-order chi connectivity index (χ0) is 15.0. The van der Waals surface area contributed by atoms with Crippen LogP contribution in [0.2, 0.25) is 0 Å². The number of rotatable bonds is 3. The normalized spacial score (nSPS) is 35.6. The summed E-state index contributed by atoms with van der Waals surface area (Å²) in [5.41, 5.74) is -0.420. The van der Waals surface area contributed by atoms with Gasteiger partial charge in [-0.05, 0) is 49.9 Å². The average molecular weight is 281 g/mol. The largest absolute Gasteiger partial charge is 0.389 e. The van der Waals surface area contributed by atoms with Crippen molar-refractivity contribution in [2.75, 3.05) is 13.1 Å². The molecular formula is C17H31NO2. The summed E-state index contributed by atoms with van der Waals surface area (Å²) in [7, 11) is 0. The van der Waals surface area contributed by atoms with E-state index in [4.69, 9.17) is 0 Å². The number of hydrogen-bond donors (Lipinski definition) is 1. The quantitative estimate of drug-likeness (QED) is 0.863. The molecule has 0 aromatic rings. The first kappa shape index (κ1) is 15.8. The van der Waals surface area contributed by atoms with Crippen molar-refractivity contribution in [1.82, 2.24) is 4.90 Å². The summed E-state index contributed by atoms with van der Waals surface area (Å²) in [4.78, 5) is 14.4. The van der Waals surface area contributed by atoms with Gasteiger partial charge in [0.2, 0.25) is 5.91 Å². The summed E-state index contributed by atoms with van der Waals surface area (Å²) in [6.07, 6.45) is 5.55. The van der Waals surface area contributed by atoms with Crippen LogP contribution in [0.4, 0.5) is 0 Å². The molecule has 1 aliphatic carbocycles. The van der Waals surface area contributed by atoms with Crippen LogP contribution in [0.15, 0.2) is 0 Å². The molecule has 2 fully saturated rings. The van der Waals surface area contributed by atoms with Crippen molar-refractivity contribution in [3.05, 3.63) is 0 Å². The fourth-order valence-electron chi connectivity index (χ4n) is 4.06.